The third-order valence-corrected chi connectivity index (χ3v) is 1.61. The Morgan fingerprint density at radius 1 is 1.36 bits per heavy atom. The SMILES string of the molecule is C=CC(=CC(C)=CCC)CC. The molecule has 0 saturated carbocycles. The lowest BCUT2D eigenvalue weighted by Gasteiger charge is -1.96. The lowest BCUT2D eigenvalue weighted by Crippen LogP contribution is -1.75. The zero-order valence-corrected chi connectivity index (χ0v) is 7.85. The monoisotopic (exact) mass is 150 g/mol. The molecule has 0 amide bonds. The molecule has 0 bridgehead atoms. The van der Waals surface area contributed by atoms with E-state index in [1.54, 1.807) is 0 Å². The van der Waals surface area contributed by atoms with Crippen molar-refractivity contribution in [2.45, 2.75) is 33.6 Å². The molecule has 0 aliphatic heterocycles. The zero-order chi connectivity index (χ0) is 8.69. The summed E-state index contributed by atoms with van der Waals surface area (Å²) in [4.78, 5) is 0. The quantitative estimate of drug-likeness (QED) is 0.534. The third kappa shape index (κ3) is 4.60. The van der Waals surface area contributed by atoms with Crippen LogP contribution in [0.2, 0.25) is 0 Å². The van der Waals surface area contributed by atoms with Crippen LogP contribution in [0.4, 0.5) is 0 Å². The second kappa shape index (κ2) is 5.96. The largest absolute Gasteiger partial charge is 0.0988 e. The summed E-state index contributed by atoms with van der Waals surface area (Å²) < 4.78 is 0. The average Bonchev–Trinajstić information content (AvgIpc) is 2.01. The van der Waals surface area contributed by atoms with Gasteiger partial charge in [-0.3, -0.25) is 0 Å². The van der Waals surface area contributed by atoms with E-state index in [9.17, 15) is 0 Å². The van der Waals surface area contributed by atoms with Gasteiger partial charge in [0.25, 0.3) is 0 Å². The third-order valence-electron chi connectivity index (χ3n) is 1.61. The number of hydrogen-bond acceptors (Lipinski definition) is 0. The second-order valence-corrected chi connectivity index (χ2v) is 2.63. The lowest BCUT2D eigenvalue weighted by molar-refractivity contribution is 1.13. The molecule has 0 atom stereocenters. The van der Waals surface area contributed by atoms with Crippen molar-refractivity contribution in [1.29, 1.82) is 0 Å². The zero-order valence-electron chi connectivity index (χ0n) is 7.85. The minimum absolute atomic E-state index is 1.07. The molecule has 0 nitrogen and oxygen atoms in total. The highest BCUT2D eigenvalue weighted by Crippen LogP contribution is 2.07. The topological polar surface area (TPSA) is 0 Å². The first-order valence-electron chi connectivity index (χ1n) is 4.24. The Bertz CT molecular complexity index is 170. The van der Waals surface area contributed by atoms with Crippen molar-refractivity contribution >= 4 is 0 Å². The second-order valence-electron chi connectivity index (χ2n) is 2.63. The summed E-state index contributed by atoms with van der Waals surface area (Å²) in [6, 6.07) is 0. The molecule has 0 aromatic carbocycles. The minimum atomic E-state index is 1.07. The number of allylic oxidation sites excluding steroid dienone is 5. The molecule has 0 N–H and O–H groups in total. The van der Waals surface area contributed by atoms with Gasteiger partial charge in [0.1, 0.15) is 0 Å². The summed E-state index contributed by atoms with van der Waals surface area (Å²) in [6.07, 6.45) is 8.51. The van der Waals surface area contributed by atoms with Crippen molar-refractivity contribution in [3.63, 3.8) is 0 Å². The van der Waals surface area contributed by atoms with E-state index in [-0.39, 0.29) is 0 Å². The molecule has 0 heteroatoms. The fourth-order valence-electron chi connectivity index (χ4n) is 0.979. The van der Waals surface area contributed by atoms with Crippen LogP contribution in [-0.2, 0) is 0 Å². The standard InChI is InChI=1S/C11H18/c1-5-8-10(4)9-11(6-2)7-3/h6,8-9H,2,5,7H2,1,3-4H3. The van der Waals surface area contributed by atoms with Crippen molar-refractivity contribution in [2.75, 3.05) is 0 Å². The summed E-state index contributed by atoms with van der Waals surface area (Å²) in [5.41, 5.74) is 2.65. The van der Waals surface area contributed by atoms with Crippen molar-refractivity contribution in [2.24, 2.45) is 0 Å². The van der Waals surface area contributed by atoms with Gasteiger partial charge < -0.3 is 0 Å². The van der Waals surface area contributed by atoms with Crippen LogP contribution in [-0.4, -0.2) is 0 Å². The summed E-state index contributed by atoms with van der Waals surface area (Å²) in [7, 11) is 0. The highest BCUT2D eigenvalue weighted by Gasteiger charge is 1.86. The van der Waals surface area contributed by atoms with E-state index in [1.165, 1.54) is 11.1 Å². The van der Waals surface area contributed by atoms with Gasteiger partial charge in [0.05, 0.1) is 0 Å². The molecule has 0 aromatic heterocycles. The first-order valence-corrected chi connectivity index (χ1v) is 4.24. The normalized spacial score (nSPS) is 13.4. The van der Waals surface area contributed by atoms with Gasteiger partial charge in [-0.15, -0.1) is 0 Å². The van der Waals surface area contributed by atoms with Gasteiger partial charge in [-0.2, -0.15) is 0 Å². The molecule has 11 heavy (non-hydrogen) atoms. The van der Waals surface area contributed by atoms with Gasteiger partial charge in [0, 0.05) is 0 Å². The maximum Gasteiger partial charge on any atom is -0.0308 e. The van der Waals surface area contributed by atoms with Crippen LogP contribution in [0.5, 0.6) is 0 Å². The van der Waals surface area contributed by atoms with Gasteiger partial charge >= 0.3 is 0 Å². The van der Waals surface area contributed by atoms with E-state index in [0.29, 0.717) is 0 Å². The summed E-state index contributed by atoms with van der Waals surface area (Å²) in [5.74, 6) is 0. The van der Waals surface area contributed by atoms with Crippen LogP contribution in [0, 0.1) is 0 Å². The Morgan fingerprint density at radius 3 is 2.36 bits per heavy atom. The molecule has 0 aliphatic rings. The first kappa shape index (κ1) is 10.2. The van der Waals surface area contributed by atoms with E-state index < -0.39 is 0 Å². The molecule has 0 unspecified atom stereocenters. The van der Waals surface area contributed by atoms with Crippen LogP contribution in [0.3, 0.4) is 0 Å². The van der Waals surface area contributed by atoms with Gasteiger partial charge in [0.2, 0.25) is 0 Å². The summed E-state index contributed by atoms with van der Waals surface area (Å²) in [6.45, 7) is 10.2. The number of rotatable bonds is 4. The van der Waals surface area contributed by atoms with Gasteiger partial charge in [-0.1, -0.05) is 44.2 Å². The first-order chi connectivity index (χ1) is 5.24. The fourth-order valence-corrected chi connectivity index (χ4v) is 0.979. The molecule has 0 saturated heterocycles. The predicted molar refractivity (Wildman–Crippen MR) is 52.6 cm³/mol. The molecule has 0 rings (SSSR count). The molecule has 0 fully saturated rings. The van der Waals surface area contributed by atoms with E-state index >= 15 is 0 Å². The Labute approximate surface area is 70.3 Å². The van der Waals surface area contributed by atoms with Crippen LogP contribution in [0.25, 0.3) is 0 Å². The maximum atomic E-state index is 3.75. The summed E-state index contributed by atoms with van der Waals surface area (Å²) >= 11 is 0. The van der Waals surface area contributed by atoms with E-state index in [4.69, 9.17) is 0 Å². The van der Waals surface area contributed by atoms with E-state index in [2.05, 4.69) is 39.5 Å². The summed E-state index contributed by atoms with van der Waals surface area (Å²) in [5, 5.41) is 0. The van der Waals surface area contributed by atoms with E-state index in [1.807, 2.05) is 6.08 Å². The van der Waals surface area contributed by atoms with Gasteiger partial charge in [0.15, 0.2) is 0 Å². The van der Waals surface area contributed by atoms with Gasteiger partial charge in [-0.05, 0) is 25.3 Å². The van der Waals surface area contributed by atoms with E-state index in [0.717, 1.165) is 12.8 Å². The molecule has 0 spiro atoms. The fraction of sp³-hybridized carbons (Fsp3) is 0.455. The van der Waals surface area contributed by atoms with Crippen LogP contribution < -0.4 is 0 Å². The average molecular weight is 150 g/mol. The Kier molecular flexibility index (Phi) is 5.54. The minimum Gasteiger partial charge on any atom is -0.0988 e. The van der Waals surface area contributed by atoms with Crippen LogP contribution in [0.15, 0.2) is 36.0 Å². The molecule has 62 valence electrons. The molecule has 0 heterocycles. The lowest BCUT2D eigenvalue weighted by atomic mass is 10.1. The van der Waals surface area contributed by atoms with Crippen molar-refractivity contribution in [3.05, 3.63) is 36.0 Å². The van der Waals surface area contributed by atoms with Crippen molar-refractivity contribution in [3.8, 4) is 0 Å². The van der Waals surface area contributed by atoms with Crippen molar-refractivity contribution < 1.29 is 0 Å². The highest BCUT2D eigenvalue weighted by molar-refractivity contribution is 5.27. The van der Waals surface area contributed by atoms with Crippen LogP contribution in [0.1, 0.15) is 33.6 Å². The van der Waals surface area contributed by atoms with Crippen molar-refractivity contribution in [1.82, 2.24) is 0 Å². The maximum absolute atomic E-state index is 3.75. The molecule has 0 aliphatic carbocycles. The predicted octanol–water partition coefficient (Wildman–Crippen LogP) is 3.87. The molecular formula is C11H18. The molecular weight excluding hydrogens is 132 g/mol. The van der Waals surface area contributed by atoms with Gasteiger partial charge in [-0.25, -0.2) is 0 Å². The Balaban J connectivity index is 4.25. The Morgan fingerprint density at radius 2 is 2.00 bits per heavy atom. The molecule has 0 aromatic rings. The highest BCUT2D eigenvalue weighted by atomic mass is 13.9. The Hall–Kier alpha value is -0.780. The molecule has 0 radical (unpaired) electrons. The van der Waals surface area contributed by atoms with Crippen LogP contribution >= 0.6 is 0 Å². The smallest absolute Gasteiger partial charge is 0.0308 e. The number of hydrogen-bond donors (Lipinski definition) is 0.